The second kappa shape index (κ2) is 6.64. The van der Waals surface area contributed by atoms with Crippen LogP contribution in [0.15, 0.2) is 22.7 Å². The number of aliphatic hydroxyl groups excluding tert-OH is 1. The Bertz CT molecular complexity index is 730. The van der Waals surface area contributed by atoms with Gasteiger partial charge in [0.15, 0.2) is 23.1 Å². The number of nitrogens with one attached hydrogen (secondary N) is 1. The highest BCUT2D eigenvalue weighted by Gasteiger charge is 2.24. The van der Waals surface area contributed by atoms with Crippen LogP contribution in [-0.2, 0) is 5.41 Å². The molecule has 130 valence electrons. The number of benzene rings is 1. The quantitative estimate of drug-likeness (QED) is 0.838. The van der Waals surface area contributed by atoms with Crippen molar-refractivity contribution < 1.29 is 27.6 Å². The molecule has 24 heavy (non-hydrogen) atoms. The molecule has 0 aliphatic heterocycles. The normalized spacial score (nSPS) is 13.0. The van der Waals surface area contributed by atoms with Crippen molar-refractivity contribution in [2.75, 3.05) is 6.61 Å². The molecule has 5 nitrogen and oxygen atoms in total. The molecule has 2 N–H and O–H groups in total. The van der Waals surface area contributed by atoms with E-state index in [0.717, 1.165) is 0 Å². The molecule has 0 saturated carbocycles. The summed E-state index contributed by atoms with van der Waals surface area (Å²) < 4.78 is 44.7. The van der Waals surface area contributed by atoms with Crippen molar-refractivity contribution in [3.63, 3.8) is 0 Å². The fraction of sp³-hybridized carbons (Fsp3) is 0.375. The summed E-state index contributed by atoms with van der Waals surface area (Å²) in [4.78, 5) is 12.2. The molecule has 0 bridgehead atoms. The van der Waals surface area contributed by atoms with E-state index in [1.165, 1.54) is 6.07 Å². The van der Waals surface area contributed by atoms with Gasteiger partial charge in [-0.3, -0.25) is 4.79 Å². The molecule has 1 aromatic heterocycles. The van der Waals surface area contributed by atoms with Crippen molar-refractivity contribution in [1.29, 1.82) is 0 Å². The molecule has 0 saturated heterocycles. The highest BCUT2D eigenvalue weighted by atomic mass is 19.2. The van der Waals surface area contributed by atoms with Gasteiger partial charge >= 0.3 is 0 Å². The summed E-state index contributed by atoms with van der Waals surface area (Å²) >= 11 is 0. The van der Waals surface area contributed by atoms with E-state index in [-0.39, 0.29) is 16.7 Å². The highest BCUT2D eigenvalue weighted by molar-refractivity contribution is 5.92. The number of halogens is 3. The minimum atomic E-state index is -1.62. The number of hydrogen-bond donors (Lipinski definition) is 2. The predicted molar refractivity (Wildman–Crippen MR) is 78.8 cm³/mol. The number of carbonyl (C=O) groups excluding carboxylic acids is 1. The first-order valence-electron chi connectivity index (χ1n) is 7.17. The molecule has 1 unspecified atom stereocenters. The van der Waals surface area contributed by atoms with E-state index in [4.69, 9.17) is 4.52 Å². The van der Waals surface area contributed by atoms with Gasteiger partial charge in [-0.1, -0.05) is 25.9 Å². The van der Waals surface area contributed by atoms with E-state index < -0.39 is 36.0 Å². The zero-order chi connectivity index (χ0) is 18.1. The molecule has 1 atom stereocenters. The standard InChI is InChI=1S/C16H17F3N2O3/c1-16(2,3)13-6-11(21-24-13)15(23)20-12(7-22)8-4-9(17)14(19)10(18)5-8/h4-6,12,22H,7H2,1-3H3,(H,20,23). The molecule has 2 rings (SSSR count). The number of aromatic nitrogens is 1. The van der Waals surface area contributed by atoms with Gasteiger partial charge in [-0.25, -0.2) is 13.2 Å². The van der Waals surface area contributed by atoms with E-state index in [1.807, 2.05) is 20.8 Å². The third-order valence-corrected chi connectivity index (χ3v) is 3.38. The fourth-order valence-electron chi connectivity index (χ4n) is 1.98. The summed E-state index contributed by atoms with van der Waals surface area (Å²) in [5, 5.41) is 15.4. The number of nitrogens with zero attached hydrogens (tertiary/aromatic N) is 1. The number of carbonyl (C=O) groups is 1. The van der Waals surface area contributed by atoms with Crippen molar-refractivity contribution in [3.8, 4) is 0 Å². The molecular weight excluding hydrogens is 325 g/mol. The Morgan fingerprint density at radius 1 is 1.25 bits per heavy atom. The molecule has 8 heteroatoms. The Balaban J connectivity index is 2.21. The topological polar surface area (TPSA) is 75.4 Å². The largest absolute Gasteiger partial charge is 0.394 e. The van der Waals surface area contributed by atoms with Crippen LogP contribution in [0.1, 0.15) is 48.6 Å². The lowest BCUT2D eigenvalue weighted by Gasteiger charge is -2.16. The number of aliphatic hydroxyl groups is 1. The minimum Gasteiger partial charge on any atom is -0.394 e. The molecule has 0 fully saturated rings. The van der Waals surface area contributed by atoms with E-state index in [0.29, 0.717) is 17.9 Å². The maximum Gasteiger partial charge on any atom is 0.274 e. The van der Waals surface area contributed by atoms with E-state index in [9.17, 15) is 23.1 Å². The highest BCUT2D eigenvalue weighted by Crippen LogP contribution is 2.23. The maximum absolute atomic E-state index is 13.3. The smallest absolute Gasteiger partial charge is 0.274 e. The van der Waals surface area contributed by atoms with Crippen molar-refractivity contribution in [3.05, 3.63) is 52.7 Å². The molecule has 1 amide bonds. The van der Waals surface area contributed by atoms with E-state index >= 15 is 0 Å². The average Bonchev–Trinajstić information content (AvgIpc) is 2.99. The van der Waals surface area contributed by atoms with Gasteiger partial charge in [0.2, 0.25) is 0 Å². The second-order valence-electron chi connectivity index (χ2n) is 6.33. The van der Waals surface area contributed by atoms with Gasteiger partial charge in [0.1, 0.15) is 5.76 Å². The van der Waals surface area contributed by atoms with Crippen LogP contribution in [0.2, 0.25) is 0 Å². The lowest BCUT2D eigenvalue weighted by Crippen LogP contribution is -2.31. The Hall–Kier alpha value is -2.35. The average molecular weight is 342 g/mol. The van der Waals surface area contributed by atoms with Crippen LogP contribution in [0.4, 0.5) is 13.2 Å². The van der Waals surface area contributed by atoms with Gasteiger partial charge in [-0.05, 0) is 17.7 Å². The summed E-state index contributed by atoms with van der Waals surface area (Å²) in [5.41, 5.74) is -0.506. The molecule has 0 radical (unpaired) electrons. The lowest BCUT2D eigenvalue weighted by molar-refractivity contribution is 0.0906. The van der Waals surface area contributed by atoms with Crippen molar-refractivity contribution >= 4 is 5.91 Å². The number of amides is 1. The van der Waals surface area contributed by atoms with Crippen LogP contribution in [0.3, 0.4) is 0 Å². The molecule has 0 aliphatic rings. The molecule has 1 aromatic carbocycles. The summed E-state index contributed by atoms with van der Waals surface area (Å²) in [6, 6.07) is 1.73. The van der Waals surface area contributed by atoms with Gasteiger partial charge in [0.05, 0.1) is 12.6 Å². The third-order valence-electron chi connectivity index (χ3n) is 3.38. The van der Waals surface area contributed by atoms with Crippen molar-refractivity contribution in [2.24, 2.45) is 0 Å². The zero-order valence-corrected chi connectivity index (χ0v) is 13.4. The van der Waals surface area contributed by atoms with Gasteiger partial charge in [0.25, 0.3) is 5.91 Å². The number of rotatable bonds is 4. The molecule has 0 aliphatic carbocycles. The molecular formula is C16H17F3N2O3. The summed E-state index contributed by atoms with van der Waals surface area (Å²) in [7, 11) is 0. The summed E-state index contributed by atoms with van der Waals surface area (Å²) in [6.45, 7) is 4.97. The molecule has 1 heterocycles. The van der Waals surface area contributed by atoms with Crippen molar-refractivity contribution in [1.82, 2.24) is 10.5 Å². The van der Waals surface area contributed by atoms with Gasteiger partial charge in [0, 0.05) is 11.5 Å². The number of hydrogen-bond acceptors (Lipinski definition) is 4. The Morgan fingerprint density at radius 2 is 1.83 bits per heavy atom. The van der Waals surface area contributed by atoms with Gasteiger partial charge in [-0.2, -0.15) is 0 Å². The van der Waals surface area contributed by atoms with Gasteiger partial charge in [-0.15, -0.1) is 0 Å². The van der Waals surface area contributed by atoms with Crippen molar-refractivity contribution in [2.45, 2.75) is 32.2 Å². The lowest BCUT2D eigenvalue weighted by atomic mass is 9.93. The minimum absolute atomic E-state index is 0.0403. The van der Waals surface area contributed by atoms with E-state index in [1.54, 1.807) is 0 Å². The Morgan fingerprint density at radius 3 is 2.29 bits per heavy atom. The van der Waals surface area contributed by atoms with E-state index in [2.05, 4.69) is 10.5 Å². The Kier molecular flexibility index (Phi) is 4.98. The first-order valence-corrected chi connectivity index (χ1v) is 7.17. The maximum atomic E-state index is 13.3. The summed E-state index contributed by atoms with van der Waals surface area (Å²) in [6.07, 6.45) is 0. The predicted octanol–water partition coefficient (Wildman–Crippen LogP) is 2.85. The van der Waals surface area contributed by atoms with Gasteiger partial charge < -0.3 is 14.9 Å². The van der Waals surface area contributed by atoms with Crippen LogP contribution in [-0.4, -0.2) is 22.8 Å². The molecule has 2 aromatic rings. The molecule has 0 spiro atoms. The first-order chi connectivity index (χ1) is 11.1. The van der Waals surface area contributed by atoms with Crippen LogP contribution in [0.25, 0.3) is 0 Å². The first kappa shape index (κ1) is 18.0. The van der Waals surface area contributed by atoms with Crippen LogP contribution < -0.4 is 5.32 Å². The monoisotopic (exact) mass is 342 g/mol. The fourth-order valence-corrected chi connectivity index (χ4v) is 1.98. The summed E-state index contributed by atoms with van der Waals surface area (Å²) in [5.74, 6) is -4.65. The van der Waals surface area contributed by atoms with Crippen LogP contribution >= 0.6 is 0 Å². The third kappa shape index (κ3) is 3.76. The second-order valence-corrected chi connectivity index (χ2v) is 6.33. The van der Waals surface area contributed by atoms with Crippen LogP contribution in [0.5, 0.6) is 0 Å². The van der Waals surface area contributed by atoms with Crippen LogP contribution in [0, 0.1) is 17.5 Å². The SMILES string of the molecule is CC(C)(C)c1cc(C(=O)NC(CO)c2cc(F)c(F)c(F)c2)no1. The Labute approximate surface area is 136 Å². The zero-order valence-electron chi connectivity index (χ0n) is 13.4.